The van der Waals surface area contributed by atoms with Gasteiger partial charge in [-0.1, -0.05) is 69.9 Å². The number of halogens is 2. The van der Waals surface area contributed by atoms with Crippen molar-refractivity contribution in [3.05, 3.63) is 35.9 Å². The van der Waals surface area contributed by atoms with Crippen LogP contribution in [0.5, 0.6) is 0 Å². The summed E-state index contributed by atoms with van der Waals surface area (Å²) in [7, 11) is 0. The van der Waals surface area contributed by atoms with E-state index < -0.39 is 6.69 Å². The molecule has 1 aromatic rings. The first kappa shape index (κ1) is 16.1. The summed E-state index contributed by atoms with van der Waals surface area (Å²) in [5, 5.41) is 0. The Hall–Kier alpha value is 0.0169. The highest BCUT2D eigenvalue weighted by molar-refractivity contribution is 7.45. The van der Waals surface area contributed by atoms with E-state index in [4.69, 9.17) is 22.2 Å². The zero-order valence-corrected chi connectivity index (χ0v) is 14.0. The Kier molecular flexibility index (Phi) is 7.36. The maximum Gasteiger partial charge on any atom is 0.251 e. The third kappa shape index (κ3) is 6.26. The highest BCUT2D eigenvalue weighted by Gasteiger charge is 2.30. The average molecular weight is 303 g/mol. The lowest BCUT2D eigenvalue weighted by Crippen LogP contribution is -2.21. The second-order valence-corrected chi connectivity index (χ2v) is 12.7. The maximum atomic E-state index is 6.56. The molecule has 0 aliphatic heterocycles. The predicted molar refractivity (Wildman–Crippen MR) is 86.1 cm³/mol. The number of unbranched alkanes of at least 4 members (excludes halogenated alkanes) is 3. The second-order valence-electron chi connectivity index (χ2n) is 5.18. The minimum absolute atomic E-state index is 0.471. The molecule has 0 nitrogen and oxygen atoms in total. The molecule has 1 unspecified atom stereocenters. The predicted octanol–water partition coefficient (Wildman–Crippen LogP) is 6.29. The quantitative estimate of drug-likeness (QED) is 0.301. The lowest BCUT2D eigenvalue weighted by Gasteiger charge is -2.21. The van der Waals surface area contributed by atoms with Crippen molar-refractivity contribution in [2.45, 2.75) is 57.5 Å². The SMILES string of the molecule is CCCCCC[Si](Cl)(Cl)CC(C)c1ccccc1. The monoisotopic (exact) mass is 302 g/mol. The van der Waals surface area contributed by atoms with Crippen molar-refractivity contribution < 1.29 is 0 Å². The fourth-order valence-corrected chi connectivity index (χ4v) is 6.55. The molecule has 0 N–H and O–H groups in total. The standard InChI is InChI=1S/C15H24Cl2Si/c1-3-4-5-9-12-18(16,17)13-14(2)15-10-7-6-8-11-15/h6-8,10-11,14H,3-5,9,12-13H2,1-2H3. The molecule has 1 aromatic carbocycles. The van der Waals surface area contributed by atoms with E-state index >= 15 is 0 Å². The van der Waals surface area contributed by atoms with Crippen LogP contribution in [0.4, 0.5) is 0 Å². The Bertz CT molecular complexity index is 325. The van der Waals surface area contributed by atoms with E-state index in [2.05, 4.69) is 38.1 Å². The second kappa shape index (κ2) is 8.24. The van der Waals surface area contributed by atoms with Crippen molar-refractivity contribution >= 4 is 28.9 Å². The summed E-state index contributed by atoms with van der Waals surface area (Å²) >= 11 is 13.1. The van der Waals surface area contributed by atoms with E-state index in [0.717, 1.165) is 12.1 Å². The molecular weight excluding hydrogens is 279 g/mol. The van der Waals surface area contributed by atoms with Crippen molar-refractivity contribution in [3.8, 4) is 0 Å². The summed E-state index contributed by atoms with van der Waals surface area (Å²) in [5.41, 5.74) is 1.35. The van der Waals surface area contributed by atoms with Crippen molar-refractivity contribution in [1.29, 1.82) is 0 Å². The van der Waals surface area contributed by atoms with Crippen LogP contribution in [-0.4, -0.2) is 6.69 Å². The molecule has 0 spiro atoms. The number of benzene rings is 1. The molecule has 0 fully saturated rings. The summed E-state index contributed by atoms with van der Waals surface area (Å²) in [6.45, 7) is 2.40. The van der Waals surface area contributed by atoms with Crippen molar-refractivity contribution in [3.63, 3.8) is 0 Å². The van der Waals surface area contributed by atoms with Crippen LogP contribution < -0.4 is 0 Å². The normalized spacial score (nSPS) is 13.6. The highest BCUT2D eigenvalue weighted by Crippen LogP contribution is 2.35. The first-order valence-electron chi connectivity index (χ1n) is 6.98. The first-order valence-corrected chi connectivity index (χ1v) is 11.4. The van der Waals surface area contributed by atoms with Gasteiger partial charge < -0.3 is 0 Å². The van der Waals surface area contributed by atoms with Gasteiger partial charge in [0.1, 0.15) is 0 Å². The van der Waals surface area contributed by atoms with Crippen LogP contribution in [0.3, 0.4) is 0 Å². The molecule has 3 heteroatoms. The Balaban J connectivity index is 2.39. The first-order chi connectivity index (χ1) is 8.55. The molecular formula is C15H24Cl2Si. The van der Waals surface area contributed by atoms with E-state index in [9.17, 15) is 0 Å². The molecule has 0 heterocycles. The third-order valence-corrected chi connectivity index (χ3v) is 7.72. The Labute approximate surface area is 122 Å². The van der Waals surface area contributed by atoms with Crippen LogP contribution in [0.1, 0.15) is 51.0 Å². The van der Waals surface area contributed by atoms with Crippen LogP contribution in [0.15, 0.2) is 30.3 Å². The average Bonchev–Trinajstić information content (AvgIpc) is 2.35. The van der Waals surface area contributed by atoms with Crippen molar-refractivity contribution in [2.24, 2.45) is 0 Å². The van der Waals surface area contributed by atoms with Gasteiger partial charge in [-0.3, -0.25) is 0 Å². The van der Waals surface area contributed by atoms with Crippen LogP contribution in [-0.2, 0) is 0 Å². The molecule has 0 saturated heterocycles. The van der Waals surface area contributed by atoms with Gasteiger partial charge in [0.05, 0.1) is 0 Å². The van der Waals surface area contributed by atoms with E-state index in [1.807, 2.05) is 6.07 Å². The summed E-state index contributed by atoms with van der Waals surface area (Å²) in [6.07, 6.45) is 5.02. The molecule has 0 radical (unpaired) electrons. The van der Waals surface area contributed by atoms with Gasteiger partial charge in [0.25, 0.3) is 6.69 Å². The smallest absolute Gasteiger partial charge is 0.146 e. The highest BCUT2D eigenvalue weighted by atomic mass is 35.7. The Morgan fingerprint density at radius 3 is 2.33 bits per heavy atom. The van der Waals surface area contributed by atoms with E-state index in [0.29, 0.717) is 5.92 Å². The molecule has 102 valence electrons. The van der Waals surface area contributed by atoms with Gasteiger partial charge in [0.2, 0.25) is 0 Å². The molecule has 0 amide bonds. The van der Waals surface area contributed by atoms with Crippen molar-refractivity contribution in [1.82, 2.24) is 0 Å². The van der Waals surface area contributed by atoms with Gasteiger partial charge in [-0.15, -0.1) is 22.2 Å². The van der Waals surface area contributed by atoms with Crippen LogP contribution in [0, 0.1) is 0 Å². The summed E-state index contributed by atoms with van der Waals surface area (Å²) < 4.78 is 0. The van der Waals surface area contributed by atoms with Gasteiger partial charge >= 0.3 is 0 Å². The maximum absolute atomic E-state index is 6.56. The van der Waals surface area contributed by atoms with Crippen LogP contribution in [0.2, 0.25) is 12.1 Å². The van der Waals surface area contributed by atoms with E-state index in [-0.39, 0.29) is 0 Å². The summed E-state index contributed by atoms with van der Waals surface area (Å²) in [4.78, 5) is 0. The zero-order valence-electron chi connectivity index (χ0n) is 11.5. The third-order valence-electron chi connectivity index (χ3n) is 3.37. The van der Waals surface area contributed by atoms with Gasteiger partial charge in [-0.05, 0) is 23.6 Å². The van der Waals surface area contributed by atoms with Crippen LogP contribution >= 0.6 is 22.2 Å². The fourth-order valence-electron chi connectivity index (χ4n) is 2.26. The summed E-state index contributed by atoms with van der Waals surface area (Å²) in [6, 6.07) is 12.5. The summed E-state index contributed by atoms with van der Waals surface area (Å²) in [5.74, 6) is 0.471. The molecule has 18 heavy (non-hydrogen) atoms. The van der Waals surface area contributed by atoms with Crippen molar-refractivity contribution in [2.75, 3.05) is 0 Å². The Morgan fingerprint density at radius 2 is 1.72 bits per heavy atom. The minimum Gasteiger partial charge on any atom is -0.146 e. The van der Waals surface area contributed by atoms with Gasteiger partial charge in [-0.25, -0.2) is 0 Å². The van der Waals surface area contributed by atoms with E-state index in [1.54, 1.807) is 0 Å². The van der Waals surface area contributed by atoms with Gasteiger partial charge in [0, 0.05) is 0 Å². The van der Waals surface area contributed by atoms with E-state index in [1.165, 1.54) is 31.2 Å². The molecule has 0 aliphatic carbocycles. The molecule has 0 bridgehead atoms. The molecule has 0 saturated carbocycles. The van der Waals surface area contributed by atoms with Gasteiger partial charge in [0.15, 0.2) is 0 Å². The number of hydrogen-bond donors (Lipinski definition) is 0. The molecule has 1 atom stereocenters. The lowest BCUT2D eigenvalue weighted by atomic mass is 10.0. The number of hydrogen-bond acceptors (Lipinski definition) is 0. The van der Waals surface area contributed by atoms with Crippen LogP contribution in [0.25, 0.3) is 0 Å². The molecule has 0 aliphatic rings. The topological polar surface area (TPSA) is 0 Å². The zero-order chi connectivity index (χ0) is 13.4. The molecule has 0 aromatic heterocycles. The minimum atomic E-state index is -2.05. The largest absolute Gasteiger partial charge is 0.251 e. The number of rotatable bonds is 8. The fraction of sp³-hybridized carbons (Fsp3) is 0.600. The Morgan fingerprint density at radius 1 is 1.06 bits per heavy atom. The molecule has 1 rings (SSSR count). The lowest BCUT2D eigenvalue weighted by molar-refractivity contribution is 0.696. The van der Waals surface area contributed by atoms with Gasteiger partial charge in [-0.2, -0.15) is 0 Å².